The molecule has 1 aromatic rings. The molecule has 0 atom stereocenters. The minimum Gasteiger partial charge on any atom is -0.147 e. The lowest BCUT2D eigenvalue weighted by atomic mass is 10.2. The van der Waals surface area contributed by atoms with Crippen molar-refractivity contribution in [2.45, 2.75) is 25.7 Å². The van der Waals surface area contributed by atoms with E-state index in [1.54, 1.807) is 0 Å². The molecule has 0 N–H and O–H groups in total. The largest absolute Gasteiger partial charge is 0.147 e. The van der Waals surface area contributed by atoms with E-state index in [-0.39, 0.29) is 12.4 Å². The monoisotopic (exact) mass is 190 g/mol. The lowest BCUT2D eigenvalue weighted by molar-refractivity contribution is 1.39. The predicted octanol–water partition coefficient (Wildman–Crippen LogP) is 3.73. The van der Waals surface area contributed by atoms with E-state index < -0.39 is 0 Å². The van der Waals surface area contributed by atoms with Crippen LogP contribution in [0.5, 0.6) is 0 Å². The SMILES string of the molecule is CC.Cc1ccc(S)cc1.Cl. The Balaban J connectivity index is 0. The molecule has 1 aromatic carbocycles. The second-order valence-corrected chi connectivity index (χ2v) is 2.35. The van der Waals surface area contributed by atoms with Crippen LogP contribution in [0.2, 0.25) is 0 Å². The highest BCUT2D eigenvalue weighted by Crippen LogP contribution is 2.05. The second-order valence-electron chi connectivity index (χ2n) is 1.84. The van der Waals surface area contributed by atoms with Crippen LogP contribution in [0.1, 0.15) is 19.4 Å². The van der Waals surface area contributed by atoms with Gasteiger partial charge in [0.25, 0.3) is 0 Å². The number of rotatable bonds is 0. The van der Waals surface area contributed by atoms with Crippen LogP contribution in [-0.2, 0) is 0 Å². The summed E-state index contributed by atoms with van der Waals surface area (Å²) in [4.78, 5) is 1.02. The maximum atomic E-state index is 4.13. The molecule has 0 nitrogen and oxygen atoms in total. The van der Waals surface area contributed by atoms with E-state index in [9.17, 15) is 0 Å². The molecule has 0 radical (unpaired) electrons. The molecule has 0 aromatic heterocycles. The Morgan fingerprint density at radius 3 is 1.64 bits per heavy atom. The van der Waals surface area contributed by atoms with Crippen LogP contribution >= 0.6 is 25.0 Å². The summed E-state index contributed by atoms with van der Waals surface area (Å²) in [5.74, 6) is 0. The van der Waals surface area contributed by atoms with Crippen LogP contribution in [0.3, 0.4) is 0 Å². The zero-order valence-corrected chi connectivity index (χ0v) is 8.88. The average molecular weight is 191 g/mol. The van der Waals surface area contributed by atoms with Crippen LogP contribution in [-0.4, -0.2) is 0 Å². The predicted molar refractivity (Wildman–Crippen MR) is 57.0 cm³/mol. The number of hydrogen-bond donors (Lipinski definition) is 1. The van der Waals surface area contributed by atoms with Gasteiger partial charge in [-0.25, -0.2) is 0 Å². The van der Waals surface area contributed by atoms with E-state index in [4.69, 9.17) is 0 Å². The molecule has 1 rings (SSSR count). The average Bonchev–Trinajstić information content (AvgIpc) is 2.00. The van der Waals surface area contributed by atoms with Crippen molar-refractivity contribution in [1.29, 1.82) is 0 Å². The van der Waals surface area contributed by atoms with Gasteiger partial charge in [0.15, 0.2) is 0 Å². The molecule has 0 aliphatic rings. The standard InChI is InChI=1S/C7H8S.C2H6.ClH/c1-6-2-4-7(8)5-3-6;1-2;/h2-5,8H,1H3;1-2H3;1H. The molecule has 0 aliphatic heterocycles. The maximum Gasteiger partial charge on any atom is 0.00401 e. The number of aryl methyl sites for hydroxylation is 1. The van der Waals surface area contributed by atoms with Crippen LogP contribution < -0.4 is 0 Å². The van der Waals surface area contributed by atoms with Crippen LogP contribution in [0.4, 0.5) is 0 Å². The molecule has 2 heteroatoms. The normalized spacial score (nSPS) is 7.27. The van der Waals surface area contributed by atoms with E-state index in [0.717, 1.165) is 4.90 Å². The van der Waals surface area contributed by atoms with E-state index in [2.05, 4.69) is 19.6 Å². The van der Waals surface area contributed by atoms with Gasteiger partial charge in [0, 0.05) is 4.90 Å². The van der Waals surface area contributed by atoms with Crippen molar-refractivity contribution in [3.05, 3.63) is 29.8 Å². The van der Waals surface area contributed by atoms with Gasteiger partial charge in [-0.2, -0.15) is 0 Å². The molecule has 11 heavy (non-hydrogen) atoms. The Kier molecular flexibility index (Phi) is 9.73. The van der Waals surface area contributed by atoms with Crippen LogP contribution in [0.25, 0.3) is 0 Å². The minimum absolute atomic E-state index is 0. The molecule has 0 spiro atoms. The third kappa shape index (κ3) is 6.27. The molecular weight excluding hydrogens is 176 g/mol. The first-order valence-corrected chi connectivity index (χ1v) is 3.99. The highest BCUT2D eigenvalue weighted by molar-refractivity contribution is 7.80. The summed E-state index contributed by atoms with van der Waals surface area (Å²) in [6, 6.07) is 8.06. The van der Waals surface area contributed by atoms with Gasteiger partial charge >= 0.3 is 0 Å². The summed E-state index contributed by atoms with van der Waals surface area (Å²) in [5, 5.41) is 0. The van der Waals surface area contributed by atoms with Gasteiger partial charge in [0.1, 0.15) is 0 Å². The van der Waals surface area contributed by atoms with Gasteiger partial charge in [-0.3, -0.25) is 0 Å². The van der Waals surface area contributed by atoms with E-state index in [1.807, 2.05) is 38.1 Å². The molecule has 0 unspecified atom stereocenters. The fraction of sp³-hybridized carbons (Fsp3) is 0.333. The topological polar surface area (TPSA) is 0 Å². The van der Waals surface area contributed by atoms with Gasteiger partial charge in [0.2, 0.25) is 0 Å². The Labute approximate surface area is 80.8 Å². The van der Waals surface area contributed by atoms with Gasteiger partial charge in [-0.1, -0.05) is 31.5 Å². The number of benzene rings is 1. The molecule has 0 saturated carbocycles. The van der Waals surface area contributed by atoms with Crippen molar-refractivity contribution >= 4 is 25.0 Å². The molecule has 0 bridgehead atoms. The first-order valence-electron chi connectivity index (χ1n) is 3.54. The van der Waals surface area contributed by atoms with Crippen LogP contribution in [0, 0.1) is 6.92 Å². The van der Waals surface area contributed by atoms with Gasteiger partial charge in [0.05, 0.1) is 0 Å². The lowest BCUT2D eigenvalue weighted by Gasteiger charge is -1.89. The van der Waals surface area contributed by atoms with Crippen LogP contribution in [0.15, 0.2) is 29.2 Å². The maximum absolute atomic E-state index is 4.13. The third-order valence-corrected chi connectivity index (χ3v) is 1.33. The van der Waals surface area contributed by atoms with E-state index >= 15 is 0 Å². The molecule has 0 heterocycles. The minimum atomic E-state index is 0. The Hall–Kier alpha value is -0.140. The van der Waals surface area contributed by atoms with Crippen molar-refractivity contribution in [3.63, 3.8) is 0 Å². The quantitative estimate of drug-likeness (QED) is 0.593. The lowest BCUT2D eigenvalue weighted by Crippen LogP contribution is -1.67. The summed E-state index contributed by atoms with van der Waals surface area (Å²) in [5.41, 5.74) is 1.28. The van der Waals surface area contributed by atoms with Crippen molar-refractivity contribution in [2.75, 3.05) is 0 Å². The number of halogens is 1. The molecular formula is C9H15ClS. The van der Waals surface area contributed by atoms with Crippen molar-refractivity contribution in [2.24, 2.45) is 0 Å². The van der Waals surface area contributed by atoms with E-state index in [0.29, 0.717) is 0 Å². The Morgan fingerprint density at radius 1 is 1.00 bits per heavy atom. The third-order valence-electron chi connectivity index (χ3n) is 1.03. The smallest absolute Gasteiger partial charge is 0.00401 e. The van der Waals surface area contributed by atoms with Gasteiger partial charge in [-0.15, -0.1) is 25.0 Å². The molecule has 0 amide bonds. The fourth-order valence-electron chi connectivity index (χ4n) is 0.545. The van der Waals surface area contributed by atoms with Gasteiger partial charge in [-0.05, 0) is 19.1 Å². The summed E-state index contributed by atoms with van der Waals surface area (Å²) >= 11 is 4.13. The molecule has 0 saturated heterocycles. The summed E-state index contributed by atoms with van der Waals surface area (Å²) in [7, 11) is 0. The highest BCUT2D eigenvalue weighted by Gasteiger charge is 1.80. The molecule has 0 aliphatic carbocycles. The first kappa shape index (κ1) is 13.4. The number of thiol groups is 1. The summed E-state index contributed by atoms with van der Waals surface area (Å²) in [6.07, 6.45) is 0. The summed E-state index contributed by atoms with van der Waals surface area (Å²) in [6.45, 7) is 6.06. The van der Waals surface area contributed by atoms with Crippen molar-refractivity contribution in [3.8, 4) is 0 Å². The highest BCUT2D eigenvalue weighted by atomic mass is 35.5. The van der Waals surface area contributed by atoms with Crippen molar-refractivity contribution in [1.82, 2.24) is 0 Å². The molecule has 64 valence electrons. The summed E-state index contributed by atoms with van der Waals surface area (Å²) < 4.78 is 0. The Bertz CT molecular complexity index is 148. The fourth-order valence-corrected chi connectivity index (χ4v) is 0.694. The first-order chi connectivity index (χ1) is 4.79. The zero-order valence-electron chi connectivity index (χ0n) is 7.16. The second kappa shape index (κ2) is 7.96. The molecule has 0 fully saturated rings. The van der Waals surface area contributed by atoms with Gasteiger partial charge < -0.3 is 0 Å². The van der Waals surface area contributed by atoms with E-state index in [1.165, 1.54) is 5.56 Å². The number of hydrogen-bond acceptors (Lipinski definition) is 1. The van der Waals surface area contributed by atoms with Crippen molar-refractivity contribution < 1.29 is 0 Å². The Morgan fingerprint density at radius 2 is 1.36 bits per heavy atom. The zero-order chi connectivity index (χ0) is 7.98.